The van der Waals surface area contributed by atoms with Crippen molar-refractivity contribution in [2.24, 2.45) is 5.73 Å². The van der Waals surface area contributed by atoms with Crippen molar-refractivity contribution in [3.63, 3.8) is 0 Å². The highest BCUT2D eigenvalue weighted by molar-refractivity contribution is 5.98. The van der Waals surface area contributed by atoms with Crippen molar-refractivity contribution in [3.05, 3.63) is 71.4 Å². The Morgan fingerprint density at radius 3 is 2.30 bits per heavy atom. The van der Waals surface area contributed by atoms with Gasteiger partial charge in [0.1, 0.15) is 17.3 Å². The van der Waals surface area contributed by atoms with Gasteiger partial charge in [-0.05, 0) is 55.3 Å². The Balaban J connectivity index is 1.56. The van der Waals surface area contributed by atoms with Gasteiger partial charge in [-0.3, -0.25) is 9.59 Å². The second-order valence-corrected chi connectivity index (χ2v) is 7.52. The van der Waals surface area contributed by atoms with Gasteiger partial charge in [0.15, 0.2) is 5.69 Å². The SMILES string of the molecule is NC(=O)c1nnc(-c2c(F)cccc2F)cc1Nc1ccc(C(=O)NC2CCOCC2)cc1. The first-order valence-electron chi connectivity index (χ1n) is 10.3. The summed E-state index contributed by atoms with van der Waals surface area (Å²) >= 11 is 0. The molecule has 1 aliphatic rings. The number of ether oxygens (including phenoxy) is 1. The average molecular weight is 453 g/mol. The number of nitrogens with one attached hydrogen (secondary N) is 2. The average Bonchev–Trinajstić information content (AvgIpc) is 2.80. The predicted molar refractivity (Wildman–Crippen MR) is 117 cm³/mol. The van der Waals surface area contributed by atoms with Crippen LogP contribution in [0.25, 0.3) is 11.3 Å². The number of hydrogen-bond donors (Lipinski definition) is 3. The van der Waals surface area contributed by atoms with Crippen LogP contribution in [0.1, 0.15) is 33.7 Å². The molecular formula is C23H21F2N5O3. The Labute approximate surface area is 188 Å². The van der Waals surface area contributed by atoms with Crippen molar-refractivity contribution in [3.8, 4) is 11.3 Å². The first-order valence-corrected chi connectivity index (χ1v) is 10.3. The Morgan fingerprint density at radius 1 is 1.00 bits per heavy atom. The zero-order valence-corrected chi connectivity index (χ0v) is 17.5. The fraction of sp³-hybridized carbons (Fsp3) is 0.217. The number of hydrogen-bond acceptors (Lipinski definition) is 6. The number of nitrogens with zero attached hydrogens (tertiary/aromatic N) is 2. The molecule has 1 saturated heterocycles. The maximum atomic E-state index is 14.2. The molecule has 3 aromatic rings. The van der Waals surface area contributed by atoms with Crippen LogP contribution in [0, 0.1) is 11.6 Å². The molecule has 0 radical (unpaired) electrons. The third kappa shape index (κ3) is 5.12. The Kier molecular flexibility index (Phi) is 6.55. The molecule has 1 aromatic heterocycles. The monoisotopic (exact) mass is 453 g/mol. The van der Waals surface area contributed by atoms with Crippen LogP contribution >= 0.6 is 0 Å². The largest absolute Gasteiger partial charge is 0.381 e. The number of halogens is 2. The molecule has 2 amide bonds. The number of carbonyl (C=O) groups excluding carboxylic acids is 2. The summed E-state index contributed by atoms with van der Waals surface area (Å²) < 4.78 is 33.6. The van der Waals surface area contributed by atoms with Gasteiger partial charge in [-0.2, -0.15) is 0 Å². The fourth-order valence-corrected chi connectivity index (χ4v) is 3.50. The van der Waals surface area contributed by atoms with Crippen molar-refractivity contribution < 1.29 is 23.1 Å². The van der Waals surface area contributed by atoms with Gasteiger partial charge in [-0.25, -0.2) is 8.78 Å². The highest BCUT2D eigenvalue weighted by Gasteiger charge is 2.19. The van der Waals surface area contributed by atoms with Crippen molar-refractivity contribution in [1.82, 2.24) is 15.5 Å². The Hall–Kier alpha value is -3.92. The topological polar surface area (TPSA) is 119 Å². The summed E-state index contributed by atoms with van der Waals surface area (Å²) in [5.74, 6) is -2.70. The number of carbonyl (C=O) groups is 2. The minimum Gasteiger partial charge on any atom is -0.381 e. The highest BCUT2D eigenvalue weighted by Crippen LogP contribution is 2.28. The fourth-order valence-electron chi connectivity index (χ4n) is 3.50. The van der Waals surface area contributed by atoms with Crippen molar-refractivity contribution in [2.45, 2.75) is 18.9 Å². The molecule has 1 fully saturated rings. The number of rotatable bonds is 6. The van der Waals surface area contributed by atoms with E-state index in [0.29, 0.717) is 24.5 Å². The molecule has 10 heteroatoms. The highest BCUT2D eigenvalue weighted by atomic mass is 19.1. The number of anilines is 2. The number of benzene rings is 2. The lowest BCUT2D eigenvalue weighted by Crippen LogP contribution is -2.38. The van der Waals surface area contributed by atoms with Gasteiger partial charge in [-0.1, -0.05) is 6.07 Å². The standard InChI is InChI=1S/C23H21F2N5O3/c24-16-2-1-3-17(25)20(16)18-12-19(21(22(26)31)30-29-18)27-14-6-4-13(5-7-14)23(32)28-15-8-10-33-11-9-15/h1-7,12,15H,8-11H2,(H2,26,31)(H,27,29)(H,28,32). The number of nitrogens with two attached hydrogens (primary N) is 1. The van der Waals surface area contributed by atoms with E-state index in [1.165, 1.54) is 12.1 Å². The minimum atomic E-state index is -0.863. The van der Waals surface area contributed by atoms with Crippen LogP contribution in [0.15, 0.2) is 48.5 Å². The van der Waals surface area contributed by atoms with Crippen LogP contribution in [-0.4, -0.2) is 41.3 Å². The van der Waals surface area contributed by atoms with E-state index in [0.717, 1.165) is 25.0 Å². The zero-order valence-electron chi connectivity index (χ0n) is 17.5. The molecule has 33 heavy (non-hydrogen) atoms. The van der Waals surface area contributed by atoms with Gasteiger partial charge in [-0.15, -0.1) is 10.2 Å². The molecule has 2 heterocycles. The van der Waals surface area contributed by atoms with E-state index >= 15 is 0 Å². The molecule has 8 nitrogen and oxygen atoms in total. The first-order chi connectivity index (χ1) is 15.9. The summed E-state index contributed by atoms with van der Waals surface area (Å²) in [6, 6.07) is 11.3. The second kappa shape index (κ2) is 9.70. The third-order valence-electron chi connectivity index (χ3n) is 5.23. The zero-order chi connectivity index (χ0) is 23.4. The van der Waals surface area contributed by atoms with Crippen molar-refractivity contribution in [1.29, 1.82) is 0 Å². The van der Waals surface area contributed by atoms with Crippen LogP contribution < -0.4 is 16.4 Å². The van der Waals surface area contributed by atoms with Crippen LogP contribution in [0.3, 0.4) is 0 Å². The summed E-state index contributed by atoms with van der Waals surface area (Å²) in [4.78, 5) is 24.3. The first kappa shape index (κ1) is 22.3. The normalized spacial score (nSPS) is 14.0. The van der Waals surface area contributed by atoms with E-state index in [1.54, 1.807) is 24.3 Å². The van der Waals surface area contributed by atoms with E-state index in [1.807, 2.05) is 0 Å². The van der Waals surface area contributed by atoms with E-state index in [4.69, 9.17) is 10.5 Å². The molecule has 0 bridgehead atoms. The molecule has 0 atom stereocenters. The quantitative estimate of drug-likeness (QED) is 0.528. The minimum absolute atomic E-state index is 0.0715. The van der Waals surface area contributed by atoms with Gasteiger partial charge in [0.05, 0.1) is 11.3 Å². The van der Waals surface area contributed by atoms with Gasteiger partial charge in [0.2, 0.25) is 0 Å². The Morgan fingerprint density at radius 2 is 1.67 bits per heavy atom. The number of primary amides is 1. The molecular weight excluding hydrogens is 432 g/mol. The summed E-state index contributed by atoms with van der Waals surface area (Å²) in [6.45, 7) is 1.24. The van der Waals surface area contributed by atoms with Crippen LogP contribution in [-0.2, 0) is 4.74 Å². The number of aromatic nitrogens is 2. The van der Waals surface area contributed by atoms with Crippen LogP contribution in [0.4, 0.5) is 20.2 Å². The molecule has 0 saturated carbocycles. The molecule has 170 valence electrons. The Bertz CT molecular complexity index is 1160. The maximum absolute atomic E-state index is 14.2. The van der Waals surface area contributed by atoms with Crippen LogP contribution in [0.2, 0.25) is 0 Å². The second-order valence-electron chi connectivity index (χ2n) is 7.52. The van der Waals surface area contributed by atoms with Gasteiger partial charge >= 0.3 is 0 Å². The summed E-state index contributed by atoms with van der Waals surface area (Å²) in [5.41, 5.74) is 5.79. The van der Waals surface area contributed by atoms with Gasteiger partial charge in [0.25, 0.3) is 11.8 Å². The molecule has 0 spiro atoms. The lowest BCUT2D eigenvalue weighted by atomic mass is 10.1. The summed E-state index contributed by atoms with van der Waals surface area (Å²) in [5, 5.41) is 13.4. The molecule has 0 aliphatic carbocycles. The smallest absolute Gasteiger partial charge is 0.271 e. The number of amides is 2. The van der Waals surface area contributed by atoms with E-state index < -0.39 is 17.5 Å². The summed E-state index contributed by atoms with van der Waals surface area (Å²) in [7, 11) is 0. The molecule has 0 unspecified atom stereocenters. The maximum Gasteiger partial charge on any atom is 0.271 e. The van der Waals surface area contributed by atoms with Crippen molar-refractivity contribution in [2.75, 3.05) is 18.5 Å². The molecule has 1 aliphatic heterocycles. The summed E-state index contributed by atoms with van der Waals surface area (Å²) in [6.07, 6.45) is 1.53. The molecule has 2 aromatic carbocycles. The van der Waals surface area contributed by atoms with Gasteiger partial charge in [0, 0.05) is 30.5 Å². The van der Waals surface area contributed by atoms with Crippen molar-refractivity contribution >= 4 is 23.2 Å². The van der Waals surface area contributed by atoms with Gasteiger partial charge < -0.3 is 21.1 Å². The predicted octanol–water partition coefficient (Wildman–Crippen LogP) is 3.17. The molecule has 4 rings (SSSR count). The van der Waals surface area contributed by atoms with E-state index in [9.17, 15) is 18.4 Å². The lowest BCUT2D eigenvalue weighted by molar-refractivity contribution is 0.0696. The lowest BCUT2D eigenvalue weighted by Gasteiger charge is -2.23. The van der Waals surface area contributed by atoms with E-state index in [2.05, 4.69) is 20.8 Å². The third-order valence-corrected chi connectivity index (χ3v) is 5.23. The molecule has 4 N–H and O–H groups in total. The van der Waals surface area contributed by atoms with E-state index in [-0.39, 0.29) is 34.6 Å². The van der Waals surface area contributed by atoms with Crippen LogP contribution in [0.5, 0.6) is 0 Å².